The summed E-state index contributed by atoms with van der Waals surface area (Å²) < 4.78 is 5.67. The molecule has 5 rings (SSSR count). The molecular formula is C24H22N2O4S. The number of carbonyl (C=O) groups excluding carboxylic acids is 1. The fourth-order valence-corrected chi connectivity index (χ4v) is 5.66. The number of carboxylic acid groups (broad SMARTS) is 1. The summed E-state index contributed by atoms with van der Waals surface area (Å²) in [6, 6.07) is 16.4. The minimum atomic E-state index is -0.849. The summed E-state index contributed by atoms with van der Waals surface area (Å²) in [6.07, 6.45) is 0.0949. The fraction of sp³-hybridized carbons (Fsp3) is 0.292. The lowest BCUT2D eigenvalue weighted by molar-refractivity contribution is -0.148. The molecule has 6 nitrogen and oxygen atoms in total. The van der Waals surface area contributed by atoms with Crippen molar-refractivity contribution in [2.45, 2.75) is 31.2 Å². The molecule has 0 aliphatic heterocycles. The molecule has 2 aromatic carbocycles. The summed E-state index contributed by atoms with van der Waals surface area (Å²) in [6.45, 7) is 2.10. The van der Waals surface area contributed by atoms with E-state index in [2.05, 4.69) is 34.6 Å². The van der Waals surface area contributed by atoms with Gasteiger partial charge in [-0.2, -0.15) is 0 Å². The molecule has 0 unspecified atom stereocenters. The summed E-state index contributed by atoms with van der Waals surface area (Å²) in [7, 11) is 0. The van der Waals surface area contributed by atoms with Crippen molar-refractivity contribution < 1.29 is 19.4 Å². The van der Waals surface area contributed by atoms with Gasteiger partial charge in [-0.05, 0) is 42.0 Å². The normalized spacial score (nSPS) is 21.6. The maximum Gasteiger partial charge on any atom is 0.407 e. The van der Waals surface area contributed by atoms with Crippen LogP contribution >= 0.6 is 11.3 Å². The number of aliphatic carboxylic acids is 1. The average molecular weight is 435 g/mol. The maximum absolute atomic E-state index is 12.8. The van der Waals surface area contributed by atoms with Crippen LogP contribution in [0.5, 0.6) is 0 Å². The molecular weight excluding hydrogens is 412 g/mol. The minimum Gasteiger partial charge on any atom is -0.481 e. The van der Waals surface area contributed by atoms with Crippen molar-refractivity contribution in [3.05, 3.63) is 75.7 Å². The molecule has 0 radical (unpaired) electrons. The van der Waals surface area contributed by atoms with Crippen LogP contribution in [-0.4, -0.2) is 28.8 Å². The van der Waals surface area contributed by atoms with E-state index < -0.39 is 23.5 Å². The van der Waals surface area contributed by atoms with E-state index in [9.17, 15) is 14.7 Å². The zero-order valence-corrected chi connectivity index (χ0v) is 17.8. The van der Waals surface area contributed by atoms with Gasteiger partial charge in [-0.1, -0.05) is 48.5 Å². The number of alkyl carbamates (subject to hydrolysis) is 1. The van der Waals surface area contributed by atoms with Crippen LogP contribution in [0.15, 0.2) is 53.9 Å². The van der Waals surface area contributed by atoms with Crippen molar-refractivity contribution in [1.29, 1.82) is 0 Å². The zero-order chi connectivity index (χ0) is 21.6. The average Bonchev–Trinajstić information content (AvgIpc) is 3.30. The van der Waals surface area contributed by atoms with E-state index >= 15 is 0 Å². The quantitative estimate of drug-likeness (QED) is 0.609. The smallest absolute Gasteiger partial charge is 0.407 e. The molecule has 2 aliphatic rings. The van der Waals surface area contributed by atoms with Gasteiger partial charge in [-0.25, -0.2) is 9.78 Å². The number of thiazole rings is 1. The van der Waals surface area contributed by atoms with E-state index in [1.807, 2.05) is 36.6 Å². The second-order valence-corrected chi connectivity index (χ2v) is 9.13. The Hall–Kier alpha value is -3.19. The van der Waals surface area contributed by atoms with E-state index in [-0.39, 0.29) is 12.5 Å². The summed E-state index contributed by atoms with van der Waals surface area (Å²) in [4.78, 5) is 28.7. The van der Waals surface area contributed by atoms with Crippen LogP contribution in [0.4, 0.5) is 4.79 Å². The highest BCUT2D eigenvalue weighted by molar-refractivity contribution is 7.09. The number of benzene rings is 2. The Kier molecular flexibility index (Phi) is 4.78. The molecule has 1 aromatic heterocycles. The summed E-state index contributed by atoms with van der Waals surface area (Å²) in [5.41, 5.74) is 4.72. The first-order valence-electron chi connectivity index (χ1n) is 10.3. The lowest BCUT2D eigenvalue weighted by Crippen LogP contribution is -2.56. The van der Waals surface area contributed by atoms with Gasteiger partial charge in [0.1, 0.15) is 11.6 Å². The van der Waals surface area contributed by atoms with Gasteiger partial charge in [0.2, 0.25) is 0 Å². The van der Waals surface area contributed by atoms with Crippen LogP contribution < -0.4 is 5.32 Å². The van der Waals surface area contributed by atoms with Crippen LogP contribution in [0.3, 0.4) is 0 Å². The van der Waals surface area contributed by atoms with Crippen LogP contribution in [0.25, 0.3) is 11.1 Å². The van der Waals surface area contributed by atoms with Crippen molar-refractivity contribution in [2.75, 3.05) is 6.61 Å². The molecule has 1 saturated carbocycles. The second-order valence-electron chi connectivity index (χ2n) is 8.27. The Bertz CT molecular complexity index is 1120. The number of ether oxygens (including phenoxy) is 1. The van der Waals surface area contributed by atoms with Gasteiger partial charge in [0.15, 0.2) is 0 Å². The minimum absolute atomic E-state index is 0.0237. The standard InChI is InChI=1S/C24H22N2O4S/c1-14-13-31-22(25-14)24(10-15(11-24)21(27)28)26-23(29)30-12-20-18-8-4-2-6-16(18)17-7-3-5-9-19(17)20/h2-9,13,15,20H,10-12H2,1H3,(H,26,29)(H,27,28). The molecule has 158 valence electrons. The summed E-state index contributed by atoms with van der Waals surface area (Å²) >= 11 is 1.44. The first-order chi connectivity index (χ1) is 15.0. The van der Waals surface area contributed by atoms with Crippen molar-refractivity contribution in [3.63, 3.8) is 0 Å². The molecule has 0 spiro atoms. The molecule has 2 N–H and O–H groups in total. The number of nitrogens with one attached hydrogen (secondary N) is 1. The topological polar surface area (TPSA) is 88.5 Å². The Labute approximate surface area is 183 Å². The van der Waals surface area contributed by atoms with E-state index in [4.69, 9.17) is 4.74 Å². The van der Waals surface area contributed by atoms with E-state index in [1.165, 1.54) is 22.5 Å². The molecule has 3 aromatic rings. The van der Waals surface area contributed by atoms with Crippen LogP contribution in [0, 0.1) is 12.8 Å². The monoisotopic (exact) mass is 434 g/mol. The molecule has 1 amide bonds. The summed E-state index contributed by atoms with van der Waals surface area (Å²) in [5, 5.41) is 14.9. The van der Waals surface area contributed by atoms with Crippen LogP contribution in [-0.2, 0) is 15.1 Å². The predicted molar refractivity (Wildman–Crippen MR) is 117 cm³/mol. The van der Waals surface area contributed by atoms with Crippen molar-refractivity contribution in [2.24, 2.45) is 5.92 Å². The second kappa shape index (κ2) is 7.50. The number of nitrogens with zero attached hydrogens (tertiary/aromatic N) is 1. The largest absolute Gasteiger partial charge is 0.481 e. The lowest BCUT2D eigenvalue weighted by Gasteiger charge is -2.44. The van der Waals surface area contributed by atoms with E-state index in [0.717, 1.165) is 21.8 Å². The lowest BCUT2D eigenvalue weighted by atomic mass is 9.68. The predicted octanol–water partition coefficient (Wildman–Crippen LogP) is 4.68. The highest BCUT2D eigenvalue weighted by atomic mass is 32.1. The number of hydrogen-bond acceptors (Lipinski definition) is 5. The number of aryl methyl sites for hydroxylation is 1. The van der Waals surface area contributed by atoms with E-state index in [1.54, 1.807) is 0 Å². The summed E-state index contributed by atoms with van der Waals surface area (Å²) in [5.74, 6) is -1.36. The molecule has 31 heavy (non-hydrogen) atoms. The zero-order valence-electron chi connectivity index (χ0n) is 17.0. The fourth-order valence-electron chi connectivity index (χ4n) is 4.69. The molecule has 0 atom stereocenters. The third-order valence-corrected chi connectivity index (χ3v) is 7.42. The molecule has 1 heterocycles. The molecule has 1 fully saturated rings. The SMILES string of the molecule is Cc1csc(C2(NC(=O)OCC3c4ccccc4-c4ccccc43)CC(C(=O)O)C2)n1. The Morgan fingerprint density at radius 1 is 1.13 bits per heavy atom. The molecule has 7 heteroatoms. The van der Waals surface area contributed by atoms with Crippen molar-refractivity contribution in [3.8, 4) is 11.1 Å². The number of aromatic nitrogens is 1. The van der Waals surface area contributed by atoms with E-state index in [0.29, 0.717) is 12.8 Å². The molecule has 0 bridgehead atoms. The first-order valence-corrected chi connectivity index (χ1v) is 11.1. The van der Waals surface area contributed by atoms with Crippen molar-refractivity contribution >= 4 is 23.4 Å². The van der Waals surface area contributed by atoms with Gasteiger partial charge in [0.25, 0.3) is 0 Å². The number of rotatable bonds is 5. The Balaban J connectivity index is 1.32. The van der Waals surface area contributed by atoms with Gasteiger partial charge in [0, 0.05) is 17.0 Å². The van der Waals surface area contributed by atoms with Gasteiger partial charge >= 0.3 is 12.1 Å². The number of amides is 1. The highest BCUT2D eigenvalue weighted by Crippen LogP contribution is 2.47. The number of carbonyl (C=O) groups is 2. The van der Waals surface area contributed by atoms with Crippen molar-refractivity contribution in [1.82, 2.24) is 10.3 Å². The first kappa shape index (κ1) is 19.8. The van der Waals surface area contributed by atoms with Gasteiger partial charge in [-0.3, -0.25) is 4.79 Å². The Morgan fingerprint density at radius 3 is 2.29 bits per heavy atom. The Morgan fingerprint density at radius 2 is 1.74 bits per heavy atom. The molecule has 2 aliphatic carbocycles. The number of fused-ring (bicyclic) bond motifs is 3. The highest BCUT2D eigenvalue weighted by Gasteiger charge is 2.52. The third kappa shape index (κ3) is 3.39. The van der Waals surface area contributed by atoms with Gasteiger partial charge < -0.3 is 15.2 Å². The maximum atomic E-state index is 12.8. The third-order valence-electron chi connectivity index (χ3n) is 6.25. The number of hydrogen-bond donors (Lipinski definition) is 2. The van der Waals surface area contributed by atoms with Gasteiger partial charge in [0.05, 0.1) is 11.5 Å². The van der Waals surface area contributed by atoms with Crippen LogP contribution in [0.2, 0.25) is 0 Å². The van der Waals surface area contributed by atoms with Gasteiger partial charge in [-0.15, -0.1) is 11.3 Å². The molecule has 0 saturated heterocycles. The number of carboxylic acids is 1. The van der Waals surface area contributed by atoms with Crippen LogP contribution in [0.1, 0.15) is 40.6 Å².